The number of aryl methyl sites for hydroxylation is 2. The van der Waals surface area contributed by atoms with Crippen LogP contribution in [-0.4, -0.2) is 21.9 Å². The van der Waals surface area contributed by atoms with E-state index in [4.69, 9.17) is 4.74 Å². The van der Waals surface area contributed by atoms with Crippen molar-refractivity contribution >= 4 is 0 Å². The number of benzene rings is 2. The number of hydrogen-bond acceptors (Lipinski definition) is 3. The number of epoxide rings is 1. The van der Waals surface area contributed by atoms with Crippen molar-refractivity contribution in [2.24, 2.45) is 0 Å². The van der Waals surface area contributed by atoms with Crippen LogP contribution in [0.4, 0.5) is 0 Å². The fraction of sp³-hybridized carbons (Fsp3) is 0.368. The molecule has 1 atom stereocenters. The SMILES string of the molecule is CC1(C)OC1Cc1c(O)cc(CCc2ccccc2)cc1O. The van der Waals surface area contributed by atoms with Crippen molar-refractivity contribution in [1.29, 1.82) is 0 Å². The van der Waals surface area contributed by atoms with Gasteiger partial charge in [0.2, 0.25) is 0 Å². The first-order chi connectivity index (χ1) is 10.5. The zero-order valence-corrected chi connectivity index (χ0v) is 13.0. The first-order valence-electron chi connectivity index (χ1n) is 7.71. The smallest absolute Gasteiger partial charge is 0.122 e. The van der Waals surface area contributed by atoms with E-state index in [1.165, 1.54) is 5.56 Å². The molecular formula is C19H22O3. The minimum absolute atomic E-state index is 0.0690. The summed E-state index contributed by atoms with van der Waals surface area (Å²) in [5.74, 6) is 0.323. The fourth-order valence-corrected chi connectivity index (χ4v) is 2.79. The van der Waals surface area contributed by atoms with Gasteiger partial charge in [-0.3, -0.25) is 0 Å². The molecule has 2 N–H and O–H groups in total. The Balaban J connectivity index is 1.69. The molecule has 0 saturated carbocycles. The highest BCUT2D eigenvalue weighted by Gasteiger charge is 2.48. The lowest BCUT2D eigenvalue weighted by Gasteiger charge is -2.10. The monoisotopic (exact) mass is 298 g/mol. The van der Waals surface area contributed by atoms with Crippen molar-refractivity contribution in [1.82, 2.24) is 0 Å². The van der Waals surface area contributed by atoms with E-state index in [0.29, 0.717) is 12.0 Å². The summed E-state index contributed by atoms with van der Waals surface area (Å²) in [6, 6.07) is 13.7. The minimum atomic E-state index is -0.148. The van der Waals surface area contributed by atoms with E-state index in [-0.39, 0.29) is 23.2 Å². The number of ether oxygens (including phenoxy) is 1. The van der Waals surface area contributed by atoms with Crippen LogP contribution in [0.3, 0.4) is 0 Å². The second kappa shape index (κ2) is 5.65. The maximum atomic E-state index is 10.2. The Morgan fingerprint density at radius 1 is 0.955 bits per heavy atom. The predicted molar refractivity (Wildman–Crippen MR) is 86.3 cm³/mol. The van der Waals surface area contributed by atoms with Gasteiger partial charge in [-0.2, -0.15) is 0 Å². The summed E-state index contributed by atoms with van der Waals surface area (Å²) in [5.41, 5.74) is 2.63. The van der Waals surface area contributed by atoms with Gasteiger partial charge >= 0.3 is 0 Å². The standard InChI is InChI=1S/C19H22O3/c1-19(2)18(22-19)12-15-16(20)10-14(11-17(15)21)9-8-13-6-4-3-5-7-13/h3-7,10-11,18,20-21H,8-9,12H2,1-2H3. The van der Waals surface area contributed by atoms with Crippen LogP contribution < -0.4 is 0 Å². The Hall–Kier alpha value is -2.00. The van der Waals surface area contributed by atoms with E-state index < -0.39 is 0 Å². The molecule has 1 saturated heterocycles. The maximum absolute atomic E-state index is 10.2. The molecule has 0 aliphatic carbocycles. The van der Waals surface area contributed by atoms with Crippen LogP contribution in [0.2, 0.25) is 0 Å². The summed E-state index contributed by atoms with van der Waals surface area (Å²) in [4.78, 5) is 0. The normalized spacial score (nSPS) is 19.1. The molecule has 22 heavy (non-hydrogen) atoms. The third-order valence-electron chi connectivity index (χ3n) is 4.36. The van der Waals surface area contributed by atoms with Gasteiger partial charge in [0.15, 0.2) is 0 Å². The number of aromatic hydroxyl groups is 2. The lowest BCUT2D eigenvalue weighted by molar-refractivity contribution is 0.321. The van der Waals surface area contributed by atoms with Crippen molar-refractivity contribution in [2.45, 2.75) is 44.8 Å². The zero-order valence-electron chi connectivity index (χ0n) is 13.0. The van der Waals surface area contributed by atoms with Crippen LogP contribution in [0.15, 0.2) is 42.5 Å². The van der Waals surface area contributed by atoms with Gasteiger partial charge in [0.1, 0.15) is 11.5 Å². The molecule has 0 amide bonds. The highest BCUT2D eigenvalue weighted by atomic mass is 16.6. The molecule has 0 aromatic heterocycles. The molecule has 0 spiro atoms. The highest BCUT2D eigenvalue weighted by Crippen LogP contribution is 2.41. The van der Waals surface area contributed by atoms with E-state index in [9.17, 15) is 10.2 Å². The van der Waals surface area contributed by atoms with Crippen molar-refractivity contribution < 1.29 is 14.9 Å². The van der Waals surface area contributed by atoms with Crippen LogP contribution in [0.25, 0.3) is 0 Å². The molecule has 1 aliphatic heterocycles. The average molecular weight is 298 g/mol. The number of hydrogen-bond donors (Lipinski definition) is 2. The third-order valence-corrected chi connectivity index (χ3v) is 4.36. The molecule has 3 nitrogen and oxygen atoms in total. The summed E-state index contributed by atoms with van der Waals surface area (Å²) in [6.45, 7) is 4.03. The highest BCUT2D eigenvalue weighted by molar-refractivity contribution is 5.47. The van der Waals surface area contributed by atoms with E-state index in [2.05, 4.69) is 12.1 Å². The summed E-state index contributed by atoms with van der Waals surface area (Å²) in [5, 5.41) is 20.4. The van der Waals surface area contributed by atoms with Gasteiger partial charge in [0.05, 0.1) is 11.7 Å². The molecule has 3 rings (SSSR count). The van der Waals surface area contributed by atoms with E-state index >= 15 is 0 Å². The van der Waals surface area contributed by atoms with Gasteiger partial charge in [-0.15, -0.1) is 0 Å². The first kappa shape index (κ1) is 14.9. The number of rotatable bonds is 5. The van der Waals surface area contributed by atoms with Crippen LogP contribution in [0, 0.1) is 0 Å². The van der Waals surface area contributed by atoms with Gasteiger partial charge in [-0.1, -0.05) is 30.3 Å². The fourth-order valence-electron chi connectivity index (χ4n) is 2.79. The van der Waals surface area contributed by atoms with E-state index in [1.54, 1.807) is 12.1 Å². The van der Waals surface area contributed by atoms with Crippen molar-refractivity contribution in [3.05, 3.63) is 59.2 Å². The Morgan fingerprint density at radius 3 is 2.05 bits per heavy atom. The van der Waals surface area contributed by atoms with Crippen LogP contribution in [0.5, 0.6) is 11.5 Å². The van der Waals surface area contributed by atoms with Crippen molar-refractivity contribution in [2.75, 3.05) is 0 Å². The zero-order chi connectivity index (χ0) is 15.7. The molecule has 3 heteroatoms. The van der Waals surface area contributed by atoms with E-state index in [0.717, 1.165) is 18.4 Å². The topological polar surface area (TPSA) is 53.0 Å². The lowest BCUT2D eigenvalue weighted by Crippen LogP contribution is -2.06. The Kier molecular flexibility index (Phi) is 3.83. The summed E-state index contributed by atoms with van der Waals surface area (Å²) >= 11 is 0. The second-order valence-corrected chi connectivity index (χ2v) is 6.51. The molecule has 1 unspecified atom stereocenters. The van der Waals surface area contributed by atoms with Crippen LogP contribution >= 0.6 is 0 Å². The summed E-state index contributed by atoms with van der Waals surface area (Å²) in [6.07, 6.45) is 2.29. The summed E-state index contributed by atoms with van der Waals surface area (Å²) < 4.78 is 5.53. The quantitative estimate of drug-likeness (QED) is 0.829. The maximum Gasteiger partial charge on any atom is 0.122 e. The molecule has 0 bridgehead atoms. The van der Waals surface area contributed by atoms with Gasteiger partial charge in [-0.25, -0.2) is 0 Å². The minimum Gasteiger partial charge on any atom is -0.508 e. The molecule has 2 aromatic rings. The molecule has 1 aliphatic rings. The largest absolute Gasteiger partial charge is 0.508 e. The number of phenolic OH excluding ortho intramolecular Hbond substituents is 2. The van der Waals surface area contributed by atoms with Crippen molar-refractivity contribution in [3.63, 3.8) is 0 Å². The first-order valence-corrected chi connectivity index (χ1v) is 7.71. The van der Waals surface area contributed by atoms with Gasteiger partial charge in [0.25, 0.3) is 0 Å². The third kappa shape index (κ3) is 3.25. The van der Waals surface area contributed by atoms with Crippen LogP contribution in [-0.2, 0) is 24.0 Å². The molecular weight excluding hydrogens is 276 g/mol. The average Bonchev–Trinajstić information content (AvgIpc) is 3.09. The van der Waals surface area contributed by atoms with Gasteiger partial charge in [-0.05, 0) is 49.9 Å². The van der Waals surface area contributed by atoms with Crippen molar-refractivity contribution in [3.8, 4) is 11.5 Å². The lowest BCUT2D eigenvalue weighted by atomic mass is 9.97. The van der Waals surface area contributed by atoms with E-state index in [1.807, 2.05) is 32.0 Å². The Bertz CT molecular complexity index is 639. The summed E-state index contributed by atoms with van der Waals surface area (Å²) in [7, 11) is 0. The predicted octanol–water partition coefficient (Wildman–Crippen LogP) is 3.60. The molecule has 2 aromatic carbocycles. The Morgan fingerprint density at radius 2 is 1.50 bits per heavy atom. The number of phenols is 2. The van der Waals surface area contributed by atoms with Gasteiger partial charge < -0.3 is 14.9 Å². The molecule has 1 heterocycles. The van der Waals surface area contributed by atoms with Crippen LogP contribution in [0.1, 0.15) is 30.5 Å². The molecule has 0 radical (unpaired) electrons. The molecule has 116 valence electrons. The second-order valence-electron chi connectivity index (χ2n) is 6.51. The molecule has 1 fully saturated rings. The Labute approximate surface area is 131 Å². The van der Waals surface area contributed by atoms with Gasteiger partial charge in [0, 0.05) is 12.0 Å².